The molecule has 0 bridgehead atoms. The molecule has 0 aromatic heterocycles. The minimum Gasteiger partial charge on any atom is -0.449 e. The highest BCUT2D eigenvalue weighted by Gasteiger charge is 2.44. The lowest BCUT2D eigenvalue weighted by molar-refractivity contribution is 0.0984. The number of carbonyl (C=O) groups is 1. The van der Waals surface area contributed by atoms with Gasteiger partial charge >= 0.3 is 6.09 Å². The summed E-state index contributed by atoms with van der Waals surface area (Å²) in [6.07, 6.45) is 3.04. The van der Waals surface area contributed by atoms with Crippen LogP contribution in [-0.2, 0) is 4.74 Å². The van der Waals surface area contributed by atoms with Gasteiger partial charge in [-0.3, -0.25) is 0 Å². The van der Waals surface area contributed by atoms with E-state index in [2.05, 4.69) is 12.2 Å². The summed E-state index contributed by atoms with van der Waals surface area (Å²) in [6, 6.07) is 0. The molecule has 2 heterocycles. The Morgan fingerprint density at radius 2 is 2.33 bits per heavy atom. The van der Waals surface area contributed by atoms with Crippen LogP contribution >= 0.6 is 0 Å². The van der Waals surface area contributed by atoms with Crippen molar-refractivity contribution >= 4 is 6.09 Å². The molecule has 0 unspecified atom stereocenters. The molecule has 2 fully saturated rings. The lowest BCUT2D eigenvalue weighted by Gasteiger charge is -2.38. The van der Waals surface area contributed by atoms with Crippen LogP contribution < -0.4 is 5.32 Å². The number of ether oxygens (including phenoxy) is 1. The van der Waals surface area contributed by atoms with E-state index >= 15 is 0 Å². The minimum absolute atomic E-state index is 0.118. The standard InChI is InChI=1S/C11H20N2O2/c1-2-3-6-15-10(14)13-5-4-11(9-13)7-12-8-11/h12H,2-9H2,1H3. The second kappa shape index (κ2) is 4.39. The Bertz CT molecular complexity index is 239. The Balaban J connectivity index is 1.72. The van der Waals surface area contributed by atoms with Crippen molar-refractivity contribution in [3.05, 3.63) is 0 Å². The van der Waals surface area contributed by atoms with Crippen molar-refractivity contribution in [2.24, 2.45) is 5.41 Å². The predicted octanol–water partition coefficient (Wildman–Crippen LogP) is 1.22. The zero-order chi connectivity index (χ0) is 10.7. The van der Waals surface area contributed by atoms with Crippen LogP contribution in [0.4, 0.5) is 4.79 Å². The third-order valence-corrected chi connectivity index (χ3v) is 3.42. The Morgan fingerprint density at radius 1 is 1.53 bits per heavy atom. The smallest absolute Gasteiger partial charge is 0.409 e. The van der Waals surface area contributed by atoms with Gasteiger partial charge in [0, 0.05) is 31.6 Å². The van der Waals surface area contributed by atoms with Crippen molar-refractivity contribution in [1.29, 1.82) is 0 Å². The minimum atomic E-state index is -0.118. The van der Waals surface area contributed by atoms with Crippen molar-refractivity contribution in [3.8, 4) is 0 Å². The van der Waals surface area contributed by atoms with Crippen LogP contribution in [0.25, 0.3) is 0 Å². The van der Waals surface area contributed by atoms with Gasteiger partial charge in [-0.05, 0) is 12.8 Å². The molecule has 1 N–H and O–H groups in total. The maximum Gasteiger partial charge on any atom is 0.409 e. The summed E-state index contributed by atoms with van der Waals surface area (Å²) in [5, 5.41) is 3.28. The number of hydrogen-bond donors (Lipinski definition) is 1. The van der Waals surface area contributed by atoms with E-state index < -0.39 is 0 Å². The SMILES string of the molecule is CCCCOC(=O)N1CCC2(CNC2)C1. The molecule has 0 aromatic rings. The Morgan fingerprint density at radius 3 is 2.87 bits per heavy atom. The van der Waals surface area contributed by atoms with E-state index in [1.807, 2.05) is 4.90 Å². The van der Waals surface area contributed by atoms with E-state index in [1.54, 1.807) is 0 Å². The van der Waals surface area contributed by atoms with Gasteiger partial charge in [-0.1, -0.05) is 13.3 Å². The molecule has 2 aliphatic rings. The van der Waals surface area contributed by atoms with Gasteiger partial charge in [0.1, 0.15) is 0 Å². The van der Waals surface area contributed by atoms with E-state index in [4.69, 9.17) is 4.74 Å². The summed E-state index contributed by atoms with van der Waals surface area (Å²) >= 11 is 0. The first-order chi connectivity index (χ1) is 7.26. The van der Waals surface area contributed by atoms with Crippen molar-refractivity contribution in [2.75, 3.05) is 32.8 Å². The van der Waals surface area contributed by atoms with E-state index in [0.717, 1.165) is 45.4 Å². The molecule has 4 nitrogen and oxygen atoms in total. The lowest BCUT2D eigenvalue weighted by atomic mass is 9.81. The molecular weight excluding hydrogens is 192 g/mol. The van der Waals surface area contributed by atoms with Gasteiger partial charge in [-0.15, -0.1) is 0 Å². The third-order valence-electron chi connectivity index (χ3n) is 3.42. The second-order valence-corrected chi connectivity index (χ2v) is 4.74. The molecule has 0 aliphatic carbocycles. The van der Waals surface area contributed by atoms with Crippen molar-refractivity contribution in [2.45, 2.75) is 26.2 Å². The molecule has 2 aliphatic heterocycles. The fourth-order valence-corrected chi connectivity index (χ4v) is 2.25. The van der Waals surface area contributed by atoms with Crippen molar-refractivity contribution < 1.29 is 9.53 Å². The molecule has 0 saturated carbocycles. The average Bonchev–Trinajstić information content (AvgIpc) is 2.62. The number of unbranched alkanes of at least 4 members (excludes halogenated alkanes) is 1. The maximum atomic E-state index is 11.6. The highest BCUT2D eigenvalue weighted by Crippen LogP contribution is 2.34. The van der Waals surface area contributed by atoms with Gasteiger partial charge in [-0.2, -0.15) is 0 Å². The molecule has 15 heavy (non-hydrogen) atoms. The summed E-state index contributed by atoms with van der Waals surface area (Å²) in [5.74, 6) is 0. The highest BCUT2D eigenvalue weighted by molar-refractivity contribution is 5.68. The van der Waals surface area contributed by atoms with Crippen LogP contribution in [0.3, 0.4) is 0 Å². The first-order valence-electron chi connectivity index (χ1n) is 5.88. The van der Waals surface area contributed by atoms with E-state index in [9.17, 15) is 4.79 Å². The van der Waals surface area contributed by atoms with E-state index in [-0.39, 0.29) is 6.09 Å². The largest absolute Gasteiger partial charge is 0.449 e. The zero-order valence-corrected chi connectivity index (χ0v) is 9.42. The number of nitrogens with zero attached hydrogens (tertiary/aromatic N) is 1. The topological polar surface area (TPSA) is 41.6 Å². The van der Waals surface area contributed by atoms with Crippen LogP contribution in [0.2, 0.25) is 0 Å². The summed E-state index contributed by atoms with van der Waals surface area (Å²) in [4.78, 5) is 13.5. The van der Waals surface area contributed by atoms with Crippen LogP contribution in [0, 0.1) is 5.41 Å². The summed E-state index contributed by atoms with van der Waals surface area (Å²) < 4.78 is 5.19. The Hall–Kier alpha value is -0.770. The quantitative estimate of drug-likeness (QED) is 0.715. The van der Waals surface area contributed by atoms with E-state index in [0.29, 0.717) is 12.0 Å². The first kappa shape index (κ1) is 10.7. The van der Waals surface area contributed by atoms with E-state index in [1.165, 1.54) is 0 Å². The second-order valence-electron chi connectivity index (χ2n) is 4.74. The van der Waals surface area contributed by atoms with Crippen LogP contribution in [0.15, 0.2) is 0 Å². The predicted molar refractivity (Wildman–Crippen MR) is 57.7 cm³/mol. The van der Waals surface area contributed by atoms with Crippen molar-refractivity contribution in [3.63, 3.8) is 0 Å². The zero-order valence-electron chi connectivity index (χ0n) is 9.42. The number of rotatable bonds is 3. The van der Waals surface area contributed by atoms with Crippen LogP contribution in [0.5, 0.6) is 0 Å². The maximum absolute atomic E-state index is 11.6. The number of hydrogen-bond acceptors (Lipinski definition) is 3. The van der Waals surface area contributed by atoms with Gasteiger partial charge in [0.25, 0.3) is 0 Å². The monoisotopic (exact) mass is 212 g/mol. The Kier molecular flexibility index (Phi) is 3.14. The molecule has 1 amide bonds. The molecule has 2 saturated heterocycles. The number of amides is 1. The number of likely N-dealkylation sites (tertiary alicyclic amines) is 1. The van der Waals surface area contributed by atoms with Crippen LogP contribution in [0.1, 0.15) is 26.2 Å². The fourth-order valence-electron chi connectivity index (χ4n) is 2.25. The highest BCUT2D eigenvalue weighted by atomic mass is 16.6. The first-order valence-corrected chi connectivity index (χ1v) is 5.88. The molecule has 0 aromatic carbocycles. The molecule has 1 spiro atoms. The average molecular weight is 212 g/mol. The number of carbonyl (C=O) groups excluding carboxylic acids is 1. The fraction of sp³-hybridized carbons (Fsp3) is 0.909. The molecule has 0 atom stereocenters. The summed E-state index contributed by atoms with van der Waals surface area (Å²) in [5.41, 5.74) is 0.379. The van der Waals surface area contributed by atoms with Gasteiger partial charge in [-0.25, -0.2) is 4.79 Å². The summed E-state index contributed by atoms with van der Waals surface area (Å²) in [7, 11) is 0. The van der Waals surface area contributed by atoms with Gasteiger partial charge < -0.3 is 15.0 Å². The van der Waals surface area contributed by atoms with Gasteiger partial charge in [0.15, 0.2) is 0 Å². The summed E-state index contributed by atoms with van der Waals surface area (Å²) in [6.45, 7) is 6.53. The Labute approximate surface area is 91.0 Å². The lowest BCUT2D eigenvalue weighted by Crippen LogP contribution is -2.55. The third kappa shape index (κ3) is 2.25. The molecular formula is C11H20N2O2. The molecule has 2 rings (SSSR count). The molecule has 0 radical (unpaired) electrons. The molecule has 4 heteroatoms. The van der Waals surface area contributed by atoms with Crippen molar-refractivity contribution in [1.82, 2.24) is 10.2 Å². The molecule has 86 valence electrons. The van der Waals surface area contributed by atoms with Gasteiger partial charge in [0.2, 0.25) is 0 Å². The van der Waals surface area contributed by atoms with Gasteiger partial charge in [0.05, 0.1) is 6.61 Å². The number of nitrogens with one attached hydrogen (secondary N) is 1. The normalized spacial score (nSPS) is 22.9. The van der Waals surface area contributed by atoms with Crippen LogP contribution in [-0.4, -0.2) is 43.8 Å².